The average Bonchev–Trinajstić information content (AvgIpc) is 2.19. The standard InChI is InChI=1S/C12H17Cl2N/c1-3-9(8(2)15)7-10-5-4-6-11(13)12(10)14/h4-6,8-9H,3,7,15H2,1-2H3. The second-order valence-corrected chi connectivity index (χ2v) is 4.73. The molecule has 0 heterocycles. The smallest absolute Gasteiger partial charge is 0.0624 e. The third kappa shape index (κ3) is 3.37. The lowest BCUT2D eigenvalue weighted by Crippen LogP contribution is -2.27. The molecule has 0 spiro atoms. The number of halogens is 2. The topological polar surface area (TPSA) is 26.0 Å². The molecule has 0 radical (unpaired) electrons. The first-order valence-electron chi connectivity index (χ1n) is 5.24. The van der Waals surface area contributed by atoms with E-state index in [2.05, 4.69) is 6.92 Å². The van der Waals surface area contributed by atoms with Crippen molar-refractivity contribution < 1.29 is 0 Å². The molecule has 1 rings (SSSR count). The molecule has 84 valence electrons. The Kier molecular flexibility index (Phi) is 4.91. The van der Waals surface area contributed by atoms with Gasteiger partial charge in [-0.1, -0.05) is 48.7 Å². The quantitative estimate of drug-likeness (QED) is 0.856. The van der Waals surface area contributed by atoms with E-state index in [1.165, 1.54) is 0 Å². The largest absolute Gasteiger partial charge is 0.328 e. The summed E-state index contributed by atoms with van der Waals surface area (Å²) in [6, 6.07) is 5.93. The van der Waals surface area contributed by atoms with E-state index in [1.807, 2.05) is 19.1 Å². The molecule has 1 aromatic rings. The molecule has 15 heavy (non-hydrogen) atoms. The van der Waals surface area contributed by atoms with Crippen molar-refractivity contribution in [1.29, 1.82) is 0 Å². The van der Waals surface area contributed by atoms with Crippen molar-refractivity contribution in [2.45, 2.75) is 32.7 Å². The van der Waals surface area contributed by atoms with Crippen LogP contribution < -0.4 is 5.73 Å². The van der Waals surface area contributed by atoms with E-state index in [9.17, 15) is 0 Å². The zero-order valence-electron chi connectivity index (χ0n) is 9.13. The highest BCUT2D eigenvalue weighted by molar-refractivity contribution is 6.42. The van der Waals surface area contributed by atoms with Gasteiger partial charge in [-0.05, 0) is 30.9 Å². The van der Waals surface area contributed by atoms with Gasteiger partial charge in [0.25, 0.3) is 0 Å². The van der Waals surface area contributed by atoms with Crippen molar-refractivity contribution in [3.63, 3.8) is 0 Å². The third-order valence-electron chi connectivity index (χ3n) is 2.78. The Balaban J connectivity index is 2.84. The Bertz CT molecular complexity index is 323. The molecule has 0 aromatic heterocycles. The molecule has 1 aromatic carbocycles. The van der Waals surface area contributed by atoms with Crippen LogP contribution in [-0.4, -0.2) is 6.04 Å². The maximum atomic E-state index is 6.13. The number of nitrogens with two attached hydrogens (primary N) is 1. The monoisotopic (exact) mass is 245 g/mol. The van der Waals surface area contributed by atoms with Crippen LogP contribution in [0, 0.1) is 5.92 Å². The first-order valence-corrected chi connectivity index (χ1v) is 6.00. The summed E-state index contributed by atoms with van der Waals surface area (Å²) < 4.78 is 0. The van der Waals surface area contributed by atoms with Crippen molar-refractivity contribution in [1.82, 2.24) is 0 Å². The molecule has 0 aliphatic rings. The molecule has 1 nitrogen and oxygen atoms in total. The molecule has 0 aliphatic carbocycles. The molecule has 3 heteroatoms. The fraction of sp³-hybridized carbons (Fsp3) is 0.500. The van der Waals surface area contributed by atoms with E-state index >= 15 is 0 Å². The maximum Gasteiger partial charge on any atom is 0.0624 e. The molecule has 0 saturated carbocycles. The molecule has 0 saturated heterocycles. The number of benzene rings is 1. The van der Waals surface area contributed by atoms with Crippen molar-refractivity contribution >= 4 is 23.2 Å². The molecule has 0 fully saturated rings. The first-order chi connectivity index (χ1) is 7.06. The zero-order valence-corrected chi connectivity index (χ0v) is 10.6. The minimum Gasteiger partial charge on any atom is -0.328 e. The zero-order chi connectivity index (χ0) is 11.4. The number of hydrogen-bond donors (Lipinski definition) is 1. The van der Waals surface area contributed by atoms with Gasteiger partial charge in [0.1, 0.15) is 0 Å². The van der Waals surface area contributed by atoms with Crippen molar-refractivity contribution in [3.05, 3.63) is 33.8 Å². The van der Waals surface area contributed by atoms with Crippen LogP contribution in [0.4, 0.5) is 0 Å². The average molecular weight is 246 g/mol. The van der Waals surface area contributed by atoms with Gasteiger partial charge in [-0.2, -0.15) is 0 Å². The predicted molar refractivity (Wildman–Crippen MR) is 67.6 cm³/mol. The van der Waals surface area contributed by atoms with E-state index < -0.39 is 0 Å². The van der Waals surface area contributed by atoms with Gasteiger partial charge in [-0.25, -0.2) is 0 Å². The molecule has 0 bridgehead atoms. The first kappa shape index (κ1) is 12.8. The van der Waals surface area contributed by atoms with Gasteiger partial charge in [0, 0.05) is 6.04 Å². The van der Waals surface area contributed by atoms with E-state index in [0.717, 1.165) is 18.4 Å². The summed E-state index contributed by atoms with van der Waals surface area (Å²) >= 11 is 12.1. The predicted octanol–water partition coefficient (Wildman–Crippen LogP) is 3.91. The van der Waals surface area contributed by atoms with Crippen LogP contribution in [0.25, 0.3) is 0 Å². The molecule has 2 atom stereocenters. The van der Waals surface area contributed by atoms with Crippen LogP contribution in [0.2, 0.25) is 10.0 Å². The minimum atomic E-state index is 0.185. The van der Waals surface area contributed by atoms with Crippen LogP contribution in [0.1, 0.15) is 25.8 Å². The van der Waals surface area contributed by atoms with Crippen LogP contribution in [0.3, 0.4) is 0 Å². The highest BCUT2D eigenvalue weighted by atomic mass is 35.5. The Morgan fingerprint density at radius 3 is 2.53 bits per heavy atom. The SMILES string of the molecule is CCC(Cc1cccc(Cl)c1Cl)C(C)N. The van der Waals surface area contributed by atoms with E-state index in [0.29, 0.717) is 16.0 Å². The van der Waals surface area contributed by atoms with Gasteiger partial charge in [-0.15, -0.1) is 0 Å². The van der Waals surface area contributed by atoms with Gasteiger partial charge in [0.15, 0.2) is 0 Å². The third-order valence-corrected chi connectivity index (χ3v) is 3.64. The molecule has 0 amide bonds. The minimum absolute atomic E-state index is 0.185. The van der Waals surface area contributed by atoms with Gasteiger partial charge in [0.2, 0.25) is 0 Å². The summed E-state index contributed by atoms with van der Waals surface area (Å²) in [6.07, 6.45) is 1.95. The van der Waals surface area contributed by atoms with Crippen LogP contribution in [-0.2, 0) is 6.42 Å². The lowest BCUT2D eigenvalue weighted by molar-refractivity contribution is 0.428. The summed E-state index contributed by atoms with van der Waals surface area (Å²) in [6.45, 7) is 4.18. The summed E-state index contributed by atoms with van der Waals surface area (Å²) in [4.78, 5) is 0. The summed E-state index contributed by atoms with van der Waals surface area (Å²) in [5.41, 5.74) is 7.00. The van der Waals surface area contributed by atoms with Crippen LogP contribution in [0.15, 0.2) is 18.2 Å². The molecule has 2 unspecified atom stereocenters. The van der Waals surface area contributed by atoms with E-state index in [1.54, 1.807) is 6.07 Å². The Morgan fingerprint density at radius 1 is 1.33 bits per heavy atom. The highest BCUT2D eigenvalue weighted by Gasteiger charge is 2.14. The lowest BCUT2D eigenvalue weighted by Gasteiger charge is -2.19. The summed E-state index contributed by atoms with van der Waals surface area (Å²) in [5, 5.41) is 1.28. The Hall–Kier alpha value is -0.240. The van der Waals surface area contributed by atoms with Gasteiger partial charge >= 0.3 is 0 Å². The number of rotatable bonds is 4. The van der Waals surface area contributed by atoms with Crippen molar-refractivity contribution in [3.8, 4) is 0 Å². The Labute approximate surface area is 102 Å². The van der Waals surface area contributed by atoms with Crippen molar-refractivity contribution in [2.24, 2.45) is 11.7 Å². The van der Waals surface area contributed by atoms with Gasteiger partial charge in [0.05, 0.1) is 10.0 Å². The fourth-order valence-electron chi connectivity index (χ4n) is 1.69. The molecule has 2 N–H and O–H groups in total. The highest BCUT2D eigenvalue weighted by Crippen LogP contribution is 2.28. The maximum absolute atomic E-state index is 6.13. The molecule has 0 aliphatic heterocycles. The van der Waals surface area contributed by atoms with Crippen LogP contribution in [0.5, 0.6) is 0 Å². The summed E-state index contributed by atoms with van der Waals surface area (Å²) in [7, 11) is 0. The second kappa shape index (κ2) is 5.74. The van der Waals surface area contributed by atoms with E-state index in [-0.39, 0.29) is 6.04 Å². The normalized spacial score (nSPS) is 15.0. The van der Waals surface area contributed by atoms with E-state index in [4.69, 9.17) is 28.9 Å². The van der Waals surface area contributed by atoms with Gasteiger partial charge in [-0.3, -0.25) is 0 Å². The lowest BCUT2D eigenvalue weighted by atomic mass is 9.91. The van der Waals surface area contributed by atoms with Gasteiger partial charge < -0.3 is 5.73 Å². The summed E-state index contributed by atoms with van der Waals surface area (Å²) in [5.74, 6) is 0.459. The second-order valence-electron chi connectivity index (χ2n) is 3.94. The fourth-order valence-corrected chi connectivity index (χ4v) is 2.09. The number of hydrogen-bond acceptors (Lipinski definition) is 1. The van der Waals surface area contributed by atoms with Crippen LogP contribution >= 0.6 is 23.2 Å². The Morgan fingerprint density at radius 2 is 2.00 bits per heavy atom. The van der Waals surface area contributed by atoms with Crippen molar-refractivity contribution in [2.75, 3.05) is 0 Å². The molecular formula is C12H17Cl2N. The molecular weight excluding hydrogens is 229 g/mol.